The lowest BCUT2D eigenvalue weighted by Gasteiger charge is -2.08. The number of nitrogens with one attached hydrogen (secondary N) is 1. The number of hydrogen-bond acceptors (Lipinski definition) is 5. The van der Waals surface area contributed by atoms with Crippen molar-refractivity contribution >= 4 is 22.4 Å². The highest BCUT2D eigenvalue weighted by atomic mass is 32.1. The smallest absolute Gasteiger partial charge is 0.416 e. The second-order valence-electron chi connectivity index (χ2n) is 5.82. The Morgan fingerprint density at radius 3 is 2.41 bits per heavy atom. The summed E-state index contributed by atoms with van der Waals surface area (Å²) in [6.45, 7) is -0.269. The van der Waals surface area contributed by atoms with Crippen LogP contribution >= 0.6 is 11.3 Å². The fraction of sp³-hybridized carbons (Fsp3) is 0.158. The molecule has 0 aliphatic carbocycles. The van der Waals surface area contributed by atoms with Crippen LogP contribution in [0, 0.1) is 11.6 Å². The van der Waals surface area contributed by atoms with E-state index >= 15 is 0 Å². The first-order valence-corrected chi connectivity index (χ1v) is 8.96. The van der Waals surface area contributed by atoms with Gasteiger partial charge in [0.25, 0.3) is 0 Å². The number of esters is 1. The van der Waals surface area contributed by atoms with Crippen molar-refractivity contribution in [1.29, 1.82) is 0 Å². The number of methoxy groups -OCH3 is 1. The van der Waals surface area contributed by atoms with E-state index in [-0.39, 0.29) is 33.4 Å². The maximum absolute atomic E-state index is 13.8. The number of thiazole rings is 1. The van der Waals surface area contributed by atoms with E-state index in [0.29, 0.717) is 0 Å². The van der Waals surface area contributed by atoms with Gasteiger partial charge in [0, 0.05) is 12.1 Å². The number of alkyl halides is 3. The quantitative estimate of drug-likeness (QED) is 0.430. The van der Waals surface area contributed by atoms with E-state index in [4.69, 9.17) is 0 Å². The molecule has 3 rings (SSSR count). The Morgan fingerprint density at radius 2 is 1.79 bits per heavy atom. The molecule has 10 heteroatoms. The Kier molecular flexibility index (Phi) is 5.83. The van der Waals surface area contributed by atoms with Gasteiger partial charge in [-0.1, -0.05) is 29.5 Å². The highest BCUT2D eigenvalue weighted by Gasteiger charge is 2.31. The maximum Gasteiger partial charge on any atom is 0.416 e. The lowest BCUT2D eigenvalue weighted by atomic mass is 10.1. The summed E-state index contributed by atoms with van der Waals surface area (Å²) >= 11 is 0.871. The summed E-state index contributed by atoms with van der Waals surface area (Å²) < 4.78 is 71.2. The molecule has 1 heterocycles. The first kappa shape index (κ1) is 20.7. The lowest BCUT2D eigenvalue weighted by Crippen LogP contribution is -2.07. The van der Waals surface area contributed by atoms with Gasteiger partial charge in [0.15, 0.2) is 10.8 Å². The highest BCUT2D eigenvalue weighted by Crippen LogP contribution is 2.37. The van der Waals surface area contributed by atoms with Crippen LogP contribution in [0.3, 0.4) is 0 Å². The van der Waals surface area contributed by atoms with Crippen LogP contribution in [-0.2, 0) is 17.5 Å². The van der Waals surface area contributed by atoms with E-state index in [1.807, 2.05) is 0 Å². The van der Waals surface area contributed by atoms with Crippen LogP contribution in [0.15, 0.2) is 42.5 Å². The third-order valence-corrected chi connectivity index (χ3v) is 5.00. The van der Waals surface area contributed by atoms with Crippen LogP contribution < -0.4 is 5.32 Å². The van der Waals surface area contributed by atoms with Gasteiger partial charge in [-0.05, 0) is 29.8 Å². The summed E-state index contributed by atoms with van der Waals surface area (Å²) in [5.74, 6) is -2.38. The van der Waals surface area contributed by atoms with Crippen molar-refractivity contribution in [3.8, 4) is 10.4 Å². The molecule has 0 aliphatic heterocycles. The predicted octanol–water partition coefficient (Wildman–Crippen LogP) is 5.51. The minimum absolute atomic E-state index is 0.0977. The van der Waals surface area contributed by atoms with Gasteiger partial charge in [0.05, 0.1) is 17.6 Å². The van der Waals surface area contributed by atoms with Crippen molar-refractivity contribution < 1.29 is 31.5 Å². The molecule has 0 fully saturated rings. The molecule has 0 bridgehead atoms. The van der Waals surface area contributed by atoms with Gasteiger partial charge in [-0.25, -0.2) is 18.6 Å². The van der Waals surface area contributed by atoms with E-state index in [0.717, 1.165) is 42.7 Å². The number of aromatic nitrogens is 1. The highest BCUT2D eigenvalue weighted by molar-refractivity contribution is 7.19. The zero-order valence-corrected chi connectivity index (χ0v) is 15.6. The predicted molar refractivity (Wildman–Crippen MR) is 97.6 cm³/mol. The molecule has 0 spiro atoms. The summed E-state index contributed by atoms with van der Waals surface area (Å²) in [5.41, 5.74) is -1.21. The summed E-state index contributed by atoms with van der Waals surface area (Å²) in [6, 6.07) is 7.81. The van der Waals surface area contributed by atoms with Crippen molar-refractivity contribution in [2.24, 2.45) is 0 Å². The molecule has 0 radical (unpaired) electrons. The molecule has 1 aromatic heterocycles. The lowest BCUT2D eigenvalue weighted by molar-refractivity contribution is -0.137. The molecular weight excluding hydrogens is 415 g/mol. The number of hydrogen-bond donors (Lipinski definition) is 1. The zero-order chi connectivity index (χ0) is 21.2. The number of carbonyl (C=O) groups excluding carboxylic acids is 1. The van der Waals surface area contributed by atoms with Gasteiger partial charge in [-0.2, -0.15) is 13.2 Å². The minimum Gasteiger partial charge on any atom is -0.464 e. The number of anilines is 1. The molecule has 0 saturated heterocycles. The van der Waals surface area contributed by atoms with E-state index < -0.39 is 29.3 Å². The Morgan fingerprint density at radius 1 is 1.14 bits per heavy atom. The number of rotatable bonds is 5. The molecule has 152 valence electrons. The van der Waals surface area contributed by atoms with Crippen molar-refractivity contribution in [1.82, 2.24) is 4.98 Å². The van der Waals surface area contributed by atoms with Crippen LogP contribution in [0.5, 0.6) is 0 Å². The monoisotopic (exact) mass is 428 g/mol. The molecule has 1 N–H and O–H groups in total. The second kappa shape index (κ2) is 8.16. The normalized spacial score (nSPS) is 11.4. The fourth-order valence-corrected chi connectivity index (χ4v) is 3.47. The molecule has 4 nitrogen and oxygen atoms in total. The number of benzene rings is 2. The van der Waals surface area contributed by atoms with Gasteiger partial charge in [-0.15, -0.1) is 0 Å². The standard InChI is InChI=1S/C19H13F5N2O2S/c1-28-17(27)15-16(10-4-2-5-11(8-10)19(22,23)24)29-18(26-15)25-9-12-13(20)6-3-7-14(12)21/h2-8H,9H2,1H3,(H,25,26). The van der Waals surface area contributed by atoms with Crippen molar-refractivity contribution in [2.75, 3.05) is 12.4 Å². The third kappa shape index (κ3) is 4.53. The number of carbonyl (C=O) groups is 1. The van der Waals surface area contributed by atoms with Gasteiger partial charge in [-0.3, -0.25) is 0 Å². The van der Waals surface area contributed by atoms with E-state index in [1.165, 1.54) is 18.2 Å². The average Bonchev–Trinajstić information content (AvgIpc) is 3.11. The molecular formula is C19H13F5N2O2S. The van der Waals surface area contributed by atoms with Crippen molar-refractivity contribution in [3.63, 3.8) is 0 Å². The topological polar surface area (TPSA) is 51.2 Å². The van der Waals surface area contributed by atoms with Gasteiger partial charge in [0.1, 0.15) is 11.6 Å². The zero-order valence-electron chi connectivity index (χ0n) is 14.8. The van der Waals surface area contributed by atoms with Crippen LogP contribution in [0.4, 0.5) is 27.1 Å². The van der Waals surface area contributed by atoms with Crippen LogP contribution in [0.25, 0.3) is 10.4 Å². The van der Waals surface area contributed by atoms with Crippen molar-refractivity contribution in [3.05, 3.63) is 70.9 Å². The van der Waals surface area contributed by atoms with E-state index in [9.17, 15) is 26.7 Å². The molecule has 0 saturated carbocycles. The molecule has 0 amide bonds. The molecule has 0 aliphatic rings. The first-order valence-electron chi connectivity index (χ1n) is 8.14. The average molecular weight is 428 g/mol. The molecule has 2 aromatic carbocycles. The van der Waals surface area contributed by atoms with E-state index in [1.54, 1.807) is 0 Å². The number of nitrogens with zero attached hydrogens (tertiary/aromatic N) is 1. The molecule has 0 unspecified atom stereocenters. The van der Waals surface area contributed by atoms with Crippen molar-refractivity contribution in [2.45, 2.75) is 12.7 Å². The summed E-state index contributed by atoms with van der Waals surface area (Å²) in [7, 11) is 1.11. The Balaban J connectivity index is 1.96. The summed E-state index contributed by atoms with van der Waals surface area (Å²) in [6.07, 6.45) is -4.56. The fourth-order valence-electron chi connectivity index (χ4n) is 2.53. The third-order valence-electron chi connectivity index (χ3n) is 3.94. The second-order valence-corrected chi connectivity index (χ2v) is 6.82. The summed E-state index contributed by atoms with van der Waals surface area (Å²) in [5, 5.41) is 2.79. The molecule has 0 atom stereocenters. The first-order chi connectivity index (χ1) is 13.7. The van der Waals surface area contributed by atoms with Crippen LogP contribution in [0.2, 0.25) is 0 Å². The van der Waals surface area contributed by atoms with E-state index in [2.05, 4.69) is 15.0 Å². The van der Waals surface area contributed by atoms with Crippen LogP contribution in [0.1, 0.15) is 21.6 Å². The Labute approximate surface area is 166 Å². The Hall–Kier alpha value is -3.01. The number of ether oxygens (including phenoxy) is 1. The maximum atomic E-state index is 13.8. The largest absolute Gasteiger partial charge is 0.464 e. The minimum atomic E-state index is -4.56. The van der Waals surface area contributed by atoms with Gasteiger partial charge >= 0.3 is 12.1 Å². The van der Waals surface area contributed by atoms with Gasteiger partial charge < -0.3 is 10.1 Å². The van der Waals surface area contributed by atoms with Gasteiger partial charge in [0.2, 0.25) is 0 Å². The Bertz CT molecular complexity index is 1030. The molecule has 29 heavy (non-hydrogen) atoms. The molecule has 3 aromatic rings. The summed E-state index contributed by atoms with van der Waals surface area (Å²) in [4.78, 5) is 16.2. The van der Waals surface area contributed by atoms with Crippen LogP contribution in [-0.4, -0.2) is 18.1 Å². The number of halogens is 5. The SMILES string of the molecule is COC(=O)c1nc(NCc2c(F)cccc2F)sc1-c1cccc(C(F)(F)F)c1.